The molecular formula is C18H16N2OS. The highest BCUT2D eigenvalue weighted by molar-refractivity contribution is 7.98. The van der Waals surface area contributed by atoms with Crippen molar-refractivity contribution in [1.82, 2.24) is 9.97 Å². The number of benzene rings is 2. The maximum Gasteiger partial charge on any atom is 0.159 e. The van der Waals surface area contributed by atoms with Crippen LogP contribution in [-0.2, 0) is 5.75 Å². The van der Waals surface area contributed by atoms with Gasteiger partial charge in [0.15, 0.2) is 5.82 Å². The standard InChI is InChI=1S/C18H16N2OS/c1-13-11-16(7-8-17(13)21)22-12-15-9-10-19-18(20-15)14-5-3-2-4-6-14/h2-11,21H,12H2,1H3. The molecule has 0 fully saturated rings. The van der Waals surface area contributed by atoms with E-state index < -0.39 is 0 Å². The van der Waals surface area contributed by atoms with E-state index >= 15 is 0 Å². The lowest BCUT2D eigenvalue weighted by molar-refractivity contribution is 0.470. The molecule has 3 nitrogen and oxygen atoms in total. The van der Waals surface area contributed by atoms with Crippen molar-refractivity contribution >= 4 is 11.8 Å². The Balaban J connectivity index is 1.74. The zero-order valence-electron chi connectivity index (χ0n) is 12.2. The molecule has 0 radical (unpaired) electrons. The topological polar surface area (TPSA) is 46.0 Å². The summed E-state index contributed by atoms with van der Waals surface area (Å²) in [5, 5.41) is 9.56. The molecule has 1 heterocycles. The third-order valence-electron chi connectivity index (χ3n) is 3.30. The molecule has 0 saturated carbocycles. The molecule has 3 rings (SSSR count). The summed E-state index contributed by atoms with van der Waals surface area (Å²) in [6.07, 6.45) is 1.80. The molecule has 0 aliphatic heterocycles. The highest BCUT2D eigenvalue weighted by Crippen LogP contribution is 2.27. The number of aromatic hydroxyl groups is 1. The van der Waals surface area contributed by atoms with Gasteiger partial charge in [0.2, 0.25) is 0 Å². The Morgan fingerprint density at radius 1 is 1.05 bits per heavy atom. The van der Waals surface area contributed by atoms with Crippen molar-refractivity contribution in [2.75, 3.05) is 0 Å². The van der Waals surface area contributed by atoms with Gasteiger partial charge in [0, 0.05) is 22.4 Å². The monoisotopic (exact) mass is 308 g/mol. The van der Waals surface area contributed by atoms with E-state index in [1.807, 2.05) is 55.5 Å². The van der Waals surface area contributed by atoms with Gasteiger partial charge in [0.25, 0.3) is 0 Å². The van der Waals surface area contributed by atoms with Crippen LogP contribution in [0.25, 0.3) is 11.4 Å². The molecule has 1 N–H and O–H groups in total. The molecule has 0 amide bonds. The summed E-state index contributed by atoms with van der Waals surface area (Å²) in [6.45, 7) is 1.90. The van der Waals surface area contributed by atoms with Crippen LogP contribution in [0, 0.1) is 6.92 Å². The van der Waals surface area contributed by atoms with Crippen LogP contribution in [0.1, 0.15) is 11.3 Å². The van der Waals surface area contributed by atoms with Crippen LogP contribution < -0.4 is 0 Å². The Morgan fingerprint density at radius 3 is 2.64 bits per heavy atom. The second-order valence-electron chi connectivity index (χ2n) is 4.97. The molecule has 22 heavy (non-hydrogen) atoms. The van der Waals surface area contributed by atoms with Crippen LogP contribution >= 0.6 is 11.8 Å². The normalized spacial score (nSPS) is 10.6. The van der Waals surface area contributed by atoms with Crippen LogP contribution in [0.3, 0.4) is 0 Å². The highest BCUT2D eigenvalue weighted by Gasteiger charge is 2.04. The van der Waals surface area contributed by atoms with E-state index in [9.17, 15) is 5.11 Å². The summed E-state index contributed by atoms with van der Waals surface area (Å²) in [4.78, 5) is 10.1. The molecule has 0 saturated heterocycles. The Morgan fingerprint density at radius 2 is 1.86 bits per heavy atom. The maximum atomic E-state index is 9.56. The van der Waals surface area contributed by atoms with E-state index in [0.29, 0.717) is 5.75 Å². The second-order valence-corrected chi connectivity index (χ2v) is 6.02. The SMILES string of the molecule is Cc1cc(SCc2ccnc(-c3ccccc3)n2)ccc1O. The van der Waals surface area contributed by atoms with Crippen molar-refractivity contribution in [1.29, 1.82) is 0 Å². The molecule has 0 aliphatic rings. The van der Waals surface area contributed by atoms with Gasteiger partial charge in [-0.1, -0.05) is 30.3 Å². The minimum Gasteiger partial charge on any atom is -0.508 e. The largest absolute Gasteiger partial charge is 0.508 e. The van der Waals surface area contributed by atoms with Gasteiger partial charge in [0.05, 0.1) is 5.69 Å². The minimum atomic E-state index is 0.331. The first kappa shape index (κ1) is 14.6. The molecule has 0 bridgehead atoms. The summed E-state index contributed by atoms with van der Waals surface area (Å²) in [7, 11) is 0. The number of thioether (sulfide) groups is 1. The summed E-state index contributed by atoms with van der Waals surface area (Å²) < 4.78 is 0. The summed E-state index contributed by atoms with van der Waals surface area (Å²) in [5.74, 6) is 1.85. The number of phenolic OH excluding ortho intramolecular Hbond substituents is 1. The summed E-state index contributed by atoms with van der Waals surface area (Å²) in [5.41, 5.74) is 2.90. The van der Waals surface area contributed by atoms with Crippen LogP contribution in [0.2, 0.25) is 0 Å². The van der Waals surface area contributed by atoms with E-state index in [2.05, 4.69) is 9.97 Å². The molecule has 2 aromatic carbocycles. The lowest BCUT2D eigenvalue weighted by Crippen LogP contribution is -1.93. The smallest absolute Gasteiger partial charge is 0.159 e. The van der Waals surface area contributed by atoms with E-state index in [-0.39, 0.29) is 0 Å². The fourth-order valence-electron chi connectivity index (χ4n) is 2.08. The Hall–Kier alpha value is -2.33. The Labute approximate surface area is 134 Å². The van der Waals surface area contributed by atoms with E-state index in [1.165, 1.54) is 0 Å². The quantitative estimate of drug-likeness (QED) is 0.723. The van der Waals surface area contributed by atoms with Crippen LogP contribution in [0.4, 0.5) is 0 Å². The maximum absolute atomic E-state index is 9.56. The first-order valence-electron chi connectivity index (χ1n) is 7.02. The molecule has 110 valence electrons. The van der Waals surface area contributed by atoms with Gasteiger partial charge in [-0.3, -0.25) is 0 Å². The van der Waals surface area contributed by atoms with Crippen LogP contribution in [0.15, 0.2) is 65.7 Å². The van der Waals surface area contributed by atoms with Crippen molar-refractivity contribution in [2.45, 2.75) is 17.6 Å². The predicted octanol–water partition coefficient (Wildman–Crippen LogP) is 4.45. The van der Waals surface area contributed by atoms with Crippen molar-refractivity contribution in [2.24, 2.45) is 0 Å². The number of hydrogen-bond acceptors (Lipinski definition) is 4. The van der Waals surface area contributed by atoms with Gasteiger partial charge in [0.1, 0.15) is 5.75 Å². The lowest BCUT2D eigenvalue weighted by atomic mass is 10.2. The second kappa shape index (κ2) is 6.62. The van der Waals surface area contributed by atoms with Gasteiger partial charge in [-0.25, -0.2) is 9.97 Å². The van der Waals surface area contributed by atoms with E-state index in [1.54, 1.807) is 24.0 Å². The average Bonchev–Trinajstić information content (AvgIpc) is 2.57. The number of aromatic nitrogens is 2. The van der Waals surface area contributed by atoms with Gasteiger partial charge < -0.3 is 5.11 Å². The van der Waals surface area contributed by atoms with Gasteiger partial charge in [-0.2, -0.15) is 0 Å². The fraction of sp³-hybridized carbons (Fsp3) is 0.111. The van der Waals surface area contributed by atoms with Gasteiger partial charge in [-0.05, 0) is 36.8 Å². The Bertz CT molecular complexity index is 775. The van der Waals surface area contributed by atoms with Crippen molar-refractivity contribution in [3.05, 3.63) is 72.1 Å². The zero-order chi connectivity index (χ0) is 15.4. The Kier molecular flexibility index (Phi) is 4.39. The summed E-state index contributed by atoms with van der Waals surface area (Å²) >= 11 is 1.70. The number of aryl methyl sites for hydroxylation is 1. The molecule has 4 heteroatoms. The average molecular weight is 308 g/mol. The van der Waals surface area contributed by atoms with Crippen LogP contribution in [0.5, 0.6) is 5.75 Å². The molecule has 3 aromatic rings. The third kappa shape index (κ3) is 3.46. The van der Waals surface area contributed by atoms with Crippen molar-refractivity contribution in [3.63, 3.8) is 0 Å². The summed E-state index contributed by atoms with van der Waals surface area (Å²) in [6, 6.07) is 17.5. The third-order valence-corrected chi connectivity index (χ3v) is 4.33. The fourth-order valence-corrected chi connectivity index (χ4v) is 2.98. The number of nitrogens with zero attached hydrogens (tertiary/aromatic N) is 2. The number of hydrogen-bond donors (Lipinski definition) is 1. The molecule has 0 aliphatic carbocycles. The molecule has 0 unspecified atom stereocenters. The number of rotatable bonds is 4. The van der Waals surface area contributed by atoms with Gasteiger partial charge in [-0.15, -0.1) is 11.8 Å². The van der Waals surface area contributed by atoms with E-state index in [0.717, 1.165) is 33.3 Å². The van der Waals surface area contributed by atoms with Crippen molar-refractivity contribution < 1.29 is 5.11 Å². The predicted molar refractivity (Wildman–Crippen MR) is 89.9 cm³/mol. The first-order chi connectivity index (χ1) is 10.7. The molecule has 0 spiro atoms. The first-order valence-corrected chi connectivity index (χ1v) is 8.01. The van der Waals surface area contributed by atoms with Gasteiger partial charge >= 0.3 is 0 Å². The molecular weight excluding hydrogens is 292 g/mol. The minimum absolute atomic E-state index is 0.331. The molecule has 0 atom stereocenters. The van der Waals surface area contributed by atoms with E-state index in [4.69, 9.17) is 0 Å². The molecule has 1 aromatic heterocycles. The lowest BCUT2D eigenvalue weighted by Gasteiger charge is -2.05. The van der Waals surface area contributed by atoms with Crippen LogP contribution in [-0.4, -0.2) is 15.1 Å². The highest BCUT2D eigenvalue weighted by atomic mass is 32.2. The van der Waals surface area contributed by atoms with Crippen molar-refractivity contribution in [3.8, 4) is 17.1 Å². The number of phenols is 1. The zero-order valence-corrected chi connectivity index (χ0v) is 13.0.